The van der Waals surface area contributed by atoms with Gasteiger partial charge in [-0.25, -0.2) is 9.07 Å². The Hall–Kier alpha value is -3.52. The first kappa shape index (κ1) is 19.8. The third kappa shape index (κ3) is 4.08. The molecule has 30 heavy (non-hydrogen) atoms. The lowest BCUT2D eigenvalue weighted by atomic mass is 10.2. The zero-order valence-electron chi connectivity index (χ0n) is 16.6. The molecular weight excluding hydrogens is 385 g/mol. The summed E-state index contributed by atoms with van der Waals surface area (Å²) in [6.45, 7) is 3.00. The molecule has 0 saturated carbocycles. The van der Waals surface area contributed by atoms with Crippen LogP contribution in [0.25, 0.3) is 5.69 Å². The van der Waals surface area contributed by atoms with E-state index in [2.05, 4.69) is 17.5 Å². The van der Waals surface area contributed by atoms with Crippen molar-refractivity contribution in [3.05, 3.63) is 77.7 Å². The summed E-state index contributed by atoms with van der Waals surface area (Å²) in [6.07, 6.45) is 1.47. The van der Waals surface area contributed by atoms with Crippen LogP contribution >= 0.6 is 0 Å². The van der Waals surface area contributed by atoms with Gasteiger partial charge in [0, 0.05) is 5.56 Å². The molecule has 8 heteroatoms. The summed E-state index contributed by atoms with van der Waals surface area (Å²) in [7, 11) is 2.10. The minimum absolute atomic E-state index is 0.164. The van der Waals surface area contributed by atoms with Crippen molar-refractivity contribution in [1.82, 2.24) is 14.7 Å². The molecule has 1 saturated heterocycles. The molecule has 0 atom stereocenters. The number of piperazine rings is 1. The standard InChI is InChI=1S/C22H22FN5O2/c1-26-10-12-27(13-11-26)22(30)19-15-24-28(18-8-3-2-4-9-18)20(19)25-21(29)16-6-5-7-17(23)14-16/h2-9,14-15H,10-13H2,1H3,(H,25,29)/p+1. The summed E-state index contributed by atoms with van der Waals surface area (Å²) < 4.78 is 15.1. The smallest absolute Gasteiger partial charge is 0.259 e. The average molecular weight is 408 g/mol. The van der Waals surface area contributed by atoms with Crippen LogP contribution in [0.15, 0.2) is 60.8 Å². The van der Waals surface area contributed by atoms with Gasteiger partial charge in [0.2, 0.25) is 0 Å². The van der Waals surface area contributed by atoms with Crippen molar-refractivity contribution in [3.8, 4) is 5.69 Å². The van der Waals surface area contributed by atoms with E-state index in [1.807, 2.05) is 30.3 Å². The average Bonchev–Trinajstić information content (AvgIpc) is 3.18. The second kappa shape index (κ2) is 8.46. The lowest BCUT2D eigenvalue weighted by Gasteiger charge is -2.30. The van der Waals surface area contributed by atoms with Gasteiger partial charge in [-0.15, -0.1) is 0 Å². The van der Waals surface area contributed by atoms with E-state index in [0.29, 0.717) is 24.3 Å². The van der Waals surface area contributed by atoms with E-state index in [0.717, 1.165) is 19.2 Å². The van der Waals surface area contributed by atoms with E-state index in [9.17, 15) is 14.0 Å². The Morgan fingerprint density at radius 3 is 2.50 bits per heavy atom. The Morgan fingerprint density at radius 2 is 1.80 bits per heavy atom. The summed E-state index contributed by atoms with van der Waals surface area (Å²) in [5.41, 5.74) is 1.18. The number of hydrogen-bond acceptors (Lipinski definition) is 3. The predicted molar refractivity (Wildman–Crippen MR) is 110 cm³/mol. The van der Waals surface area contributed by atoms with Gasteiger partial charge in [-0.1, -0.05) is 24.3 Å². The number of rotatable bonds is 4. The number of quaternary nitrogens is 1. The van der Waals surface area contributed by atoms with Gasteiger partial charge in [-0.3, -0.25) is 9.59 Å². The highest BCUT2D eigenvalue weighted by Crippen LogP contribution is 2.23. The first-order valence-electron chi connectivity index (χ1n) is 9.84. The second-order valence-electron chi connectivity index (χ2n) is 7.37. The van der Waals surface area contributed by atoms with Crippen molar-refractivity contribution in [2.75, 3.05) is 38.5 Å². The zero-order chi connectivity index (χ0) is 21.1. The van der Waals surface area contributed by atoms with Crippen molar-refractivity contribution in [2.24, 2.45) is 0 Å². The summed E-state index contributed by atoms with van der Waals surface area (Å²) in [5, 5.41) is 7.13. The number of nitrogens with zero attached hydrogens (tertiary/aromatic N) is 3. The van der Waals surface area contributed by atoms with Crippen LogP contribution < -0.4 is 10.2 Å². The highest BCUT2D eigenvalue weighted by molar-refractivity contribution is 6.08. The summed E-state index contributed by atoms with van der Waals surface area (Å²) in [5.74, 6) is -0.925. The molecular formula is C22H23FN5O2+. The van der Waals surface area contributed by atoms with Crippen LogP contribution in [0.3, 0.4) is 0 Å². The molecule has 1 aromatic heterocycles. The van der Waals surface area contributed by atoms with E-state index < -0.39 is 11.7 Å². The van der Waals surface area contributed by atoms with Crippen LogP contribution in [0.4, 0.5) is 10.2 Å². The fraction of sp³-hybridized carbons (Fsp3) is 0.227. The number of carbonyl (C=O) groups excluding carboxylic acids is 2. The largest absolute Gasteiger partial charge is 0.334 e. The monoisotopic (exact) mass is 408 g/mol. The Morgan fingerprint density at radius 1 is 1.07 bits per heavy atom. The first-order chi connectivity index (χ1) is 14.5. The molecule has 2 N–H and O–H groups in total. The molecule has 0 spiro atoms. The SMILES string of the molecule is C[NH+]1CCN(C(=O)c2cnn(-c3ccccc3)c2NC(=O)c2cccc(F)c2)CC1. The van der Waals surface area contributed by atoms with Crippen molar-refractivity contribution in [2.45, 2.75) is 0 Å². The number of para-hydroxylation sites is 1. The highest BCUT2D eigenvalue weighted by atomic mass is 19.1. The van der Waals surface area contributed by atoms with Crippen molar-refractivity contribution in [3.63, 3.8) is 0 Å². The van der Waals surface area contributed by atoms with Crippen molar-refractivity contribution < 1.29 is 18.9 Å². The van der Waals surface area contributed by atoms with Crippen molar-refractivity contribution in [1.29, 1.82) is 0 Å². The number of likely N-dealkylation sites (N-methyl/N-ethyl adjacent to an activating group) is 1. The van der Waals surface area contributed by atoms with Crippen LogP contribution in [-0.2, 0) is 0 Å². The molecule has 1 aliphatic heterocycles. The molecule has 3 aromatic rings. The van der Waals surface area contributed by atoms with E-state index in [4.69, 9.17) is 0 Å². The molecule has 154 valence electrons. The van der Waals surface area contributed by atoms with Gasteiger partial charge in [0.15, 0.2) is 0 Å². The maximum Gasteiger partial charge on any atom is 0.259 e. The van der Waals surface area contributed by atoms with E-state index >= 15 is 0 Å². The summed E-state index contributed by atoms with van der Waals surface area (Å²) in [4.78, 5) is 29.1. The molecule has 0 aliphatic carbocycles. The molecule has 2 heterocycles. The van der Waals surface area contributed by atoms with Gasteiger partial charge in [-0.2, -0.15) is 5.10 Å². The first-order valence-corrected chi connectivity index (χ1v) is 9.84. The quantitative estimate of drug-likeness (QED) is 0.682. The van der Waals surface area contributed by atoms with Crippen LogP contribution in [-0.4, -0.2) is 59.7 Å². The minimum Gasteiger partial charge on any atom is -0.334 e. The topological polar surface area (TPSA) is 71.7 Å². The molecule has 0 bridgehead atoms. The molecule has 1 aliphatic rings. The third-order valence-electron chi connectivity index (χ3n) is 5.22. The Kier molecular flexibility index (Phi) is 5.58. The molecule has 2 amide bonds. The van der Waals surface area contributed by atoms with Crippen LogP contribution in [0.2, 0.25) is 0 Å². The Bertz CT molecular complexity index is 1060. The molecule has 0 radical (unpaired) electrons. The number of nitrogens with one attached hydrogen (secondary N) is 2. The number of amides is 2. The summed E-state index contributed by atoms with van der Waals surface area (Å²) >= 11 is 0. The van der Waals surface area contributed by atoms with Gasteiger partial charge in [-0.05, 0) is 30.3 Å². The number of hydrogen-bond donors (Lipinski definition) is 2. The second-order valence-corrected chi connectivity index (χ2v) is 7.37. The van der Waals surface area contributed by atoms with Gasteiger partial charge in [0.25, 0.3) is 11.8 Å². The van der Waals surface area contributed by atoms with Gasteiger partial charge in [0.1, 0.15) is 17.2 Å². The zero-order valence-corrected chi connectivity index (χ0v) is 16.6. The van der Waals surface area contributed by atoms with E-state index in [-0.39, 0.29) is 17.3 Å². The van der Waals surface area contributed by atoms with Crippen molar-refractivity contribution >= 4 is 17.6 Å². The molecule has 1 fully saturated rings. The maximum atomic E-state index is 13.6. The Labute approximate surface area is 173 Å². The summed E-state index contributed by atoms with van der Waals surface area (Å²) in [6, 6.07) is 14.6. The fourth-order valence-electron chi connectivity index (χ4n) is 3.46. The third-order valence-corrected chi connectivity index (χ3v) is 5.22. The lowest BCUT2D eigenvalue weighted by Crippen LogP contribution is -3.12. The van der Waals surface area contributed by atoms with Crippen LogP contribution in [0.5, 0.6) is 0 Å². The van der Waals surface area contributed by atoms with E-state index in [1.54, 1.807) is 4.90 Å². The number of benzene rings is 2. The molecule has 0 unspecified atom stereocenters. The van der Waals surface area contributed by atoms with E-state index in [1.165, 1.54) is 34.0 Å². The lowest BCUT2D eigenvalue weighted by molar-refractivity contribution is -0.883. The highest BCUT2D eigenvalue weighted by Gasteiger charge is 2.28. The predicted octanol–water partition coefficient (Wildman–Crippen LogP) is 1.23. The normalized spacial score (nSPS) is 14.5. The number of aromatic nitrogens is 2. The number of halogens is 1. The number of carbonyl (C=O) groups is 2. The molecule has 2 aromatic carbocycles. The Balaban J connectivity index is 1.69. The molecule has 4 rings (SSSR count). The van der Waals surface area contributed by atoms with Gasteiger partial charge in [0.05, 0.1) is 45.1 Å². The van der Waals surface area contributed by atoms with Crippen LogP contribution in [0.1, 0.15) is 20.7 Å². The maximum absolute atomic E-state index is 13.6. The fourth-order valence-corrected chi connectivity index (χ4v) is 3.46. The van der Waals surface area contributed by atoms with Crippen LogP contribution in [0, 0.1) is 5.82 Å². The minimum atomic E-state index is -0.510. The van der Waals surface area contributed by atoms with Gasteiger partial charge >= 0.3 is 0 Å². The molecule has 7 nitrogen and oxygen atoms in total. The number of anilines is 1. The van der Waals surface area contributed by atoms with Gasteiger partial charge < -0.3 is 15.1 Å².